The van der Waals surface area contributed by atoms with Crippen LogP contribution in [0.15, 0.2) is 35.6 Å². The number of hydrogen-bond donors (Lipinski definition) is 2. The number of benzene rings is 1. The molecule has 0 spiro atoms. The number of thioether (sulfide) groups is 1. The summed E-state index contributed by atoms with van der Waals surface area (Å²) in [5, 5.41) is 13.1. The number of nitrogens with zero attached hydrogens (tertiary/aromatic N) is 2. The average Bonchev–Trinajstić information content (AvgIpc) is 2.86. The van der Waals surface area contributed by atoms with Crippen LogP contribution < -0.4 is 5.32 Å². The monoisotopic (exact) mass is 333 g/mol. The summed E-state index contributed by atoms with van der Waals surface area (Å²) in [5.74, 6) is 0.695. The Balaban J connectivity index is 2.09. The predicted octanol–water partition coefficient (Wildman–Crippen LogP) is 2.50. The summed E-state index contributed by atoms with van der Waals surface area (Å²) in [4.78, 5) is 16.4. The van der Waals surface area contributed by atoms with Crippen LogP contribution in [0.2, 0.25) is 0 Å². The smallest absolute Gasteiger partial charge is 0.240 e. The minimum absolute atomic E-state index is 0.0786. The maximum absolute atomic E-state index is 12.0. The zero-order valence-electron chi connectivity index (χ0n) is 13.7. The molecule has 0 radical (unpaired) electrons. The molecule has 2 rings (SSSR count). The highest BCUT2D eigenvalue weighted by molar-refractivity contribution is 7.98. The van der Waals surface area contributed by atoms with Crippen LogP contribution in [0, 0.1) is 6.92 Å². The minimum atomic E-state index is -0.132. The van der Waals surface area contributed by atoms with Crippen LogP contribution in [0.1, 0.15) is 30.7 Å². The molecule has 2 aromatic rings. The van der Waals surface area contributed by atoms with E-state index in [2.05, 4.69) is 35.4 Å². The highest BCUT2D eigenvalue weighted by Gasteiger charge is 2.14. The van der Waals surface area contributed by atoms with Crippen LogP contribution in [0.5, 0.6) is 0 Å². The molecule has 0 aliphatic carbocycles. The van der Waals surface area contributed by atoms with Gasteiger partial charge in [0.15, 0.2) is 5.16 Å². The van der Waals surface area contributed by atoms with E-state index in [1.54, 1.807) is 22.5 Å². The minimum Gasteiger partial charge on any atom is -0.390 e. The number of hydrogen-bond acceptors (Lipinski definition) is 4. The van der Waals surface area contributed by atoms with Crippen LogP contribution in [-0.4, -0.2) is 26.6 Å². The maximum Gasteiger partial charge on any atom is 0.240 e. The quantitative estimate of drug-likeness (QED) is 0.764. The zero-order valence-corrected chi connectivity index (χ0v) is 14.6. The molecular formula is C17H23N3O2S. The van der Waals surface area contributed by atoms with Gasteiger partial charge in [-0.3, -0.25) is 4.79 Å². The Bertz CT molecular complexity index is 668. The molecule has 5 nitrogen and oxygen atoms in total. The van der Waals surface area contributed by atoms with Gasteiger partial charge in [-0.05, 0) is 26.3 Å². The van der Waals surface area contributed by atoms with Crippen molar-refractivity contribution in [2.45, 2.75) is 50.9 Å². The van der Waals surface area contributed by atoms with E-state index in [1.165, 1.54) is 11.1 Å². The molecule has 0 saturated heterocycles. The topological polar surface area (TPSA) is 67.2 Å². The Hall–Kier alpha value is -1.79. The third-order valence-corrected chi connectivity index (χ3v) is 4.33. The highest BCUT2D eigenvalue weighted by Crippen LogP contribution is 2.23. The number of imidazole rings is 1. The largest absolute Gasteiger partial charge is 0.390 e. The lowest BCUT2D eigenvalue weighted by atomic mass is 10.2. The molecule has 0 atom stereocenters. The first-order valence-electron chi connectivity index (χ1n) is 7.62. The van der Waals surface area contributed by atoms with Crippen LogP contribution in [0.3, 0.4) is 0 Å². The Morgan fingerprint density at radius 1 is 1.43 bits per heavy atom. The average molecular weight is 333 g/mol. The third kappa shape index (κ3) is 5.11. The van der Waals surface area contributed by atoms with Gasteiger partial charge < -0.3 is 15.0 Å². The SMILES string of the molecule is Cc1cccc(CSc2ncc(CO)n2CC(=O)NC(C)C)c1. The van der Waals surface area contributed by atoms with E-state index in [4.69, 9.17) is 0 Å². The molecule has 124 valence electrons. The Labute approximate surface area is 141 Å². The van der Waals surface area contributed by atoms with E-state index in [9.17, 15) is 9.90 Å². The van der Waals surface area contributed by atoms with Gasteiger partial charge in [0, 0.05) is 11.8 Å². The van der Waals surface area contributed by atoms with Gasteiger partial charge in [-0.15, -0.1) is 0 Å². The summed E-state index contributed by atoms with van der Waals surface area (Å²) >= 11 is 1.57. The molecule has 0 fully saturated rings. The summed E-state index contributed by atoms with van der Waals surface area (Å²) in [6, 6.07) is 8.40. The molecular weight excluding hydrogens is 310 g/mol. The molecule has 23 heavy (non-hydrogen) atoms. The van der Waals surface area contributed by atoms with Crippen molar-refractivity contribution in [1.29, 1.82) is 0 Å². The normalized spacial score (nSPS) is 11.0. The van der Waals surface area contributed by atoms with Crippen molar-refractivity contribution in [1.82, 2.24) is 14.9 Å². The number of aryl methyl sites for hydroxylation is 1. The fraction of sp³-hybridized carbons (Fsp3) is 0.412. The second kappa shape index (κ2) is 8.17. The van der Waals surface area contributed by atoms with Gasteiger partial charge in [-0.1, -0.05) is 41.6 Å². The van der Waals surface area contributed by atoms with Gasteiger partial charge >= 0.3 is 0 Å². The molecule has 1 aromatic heterocycles. The molecule has 0 unspecified atom stereocenters. The predicted molar refractivity (Wildman–Crippen MR) is 92.2 cm³/mol. The summed E-state index contributed by atoms with van der Waals surface area (Å²) < 4.78 is 1.78. The zero-order chi connectivity index (χ0) is 16.8. The van der Waals surface area contributed by atoms with Crippen molar-refractivity contribution in [3.63, 3.8) is 0 Å². The lowest BCUT2D eigenvalue weighted by Crippen LogP contribution is -2.33. The first-order chi connectivity index (χ1) is 11.0. The van der Waals surface area contributed by atoms with Crippen LogP contribution >= 0.6 is 11.8 Å². The van der Waals surface area contributed by atoms with Gasteiger partial charge in [-0.2, -0.15) is 0 Å². The molecule has 1 aromatic carbocycles. The van der Waals surface area contributed by atoms with Gasteiger partial charge in [0.1, 0.15) is 6.54 Å². The second-order valence-electron chi connectivity index (χ2n) is 5.78. The molecule has 0 bridgehead atoms. The molecule has 0 aliphatic heterocycles. The number of amides is 1. The van der Waals surface area contributed by atoms with Crippen molar-refractivity contribution in [2.24, 2.45) is 0 Å². The second-order valence-corrected chi connectivity index (χ2v) is 6.72. The summed E-state index contributed by atoms with van der Waals surface area (Å²) in [7, 11) is 0. The summed E-state index contributed by atoms with van der Waals surface area (Å²) in [6.45, 7) is 5.95. The number of carbonyl (C=O) groups excluding carboxylic acids is 1. The summed E-state index contributed by atoms with van der Waals surface area (Å²) in [6.07, 6.45) is 1.63. The van der Waals surface area contributed by atoms with Crippen LogP contribution in [0.4, 0.5) is 0 Å². The Kier molecular flexibility index (Phi) is 6.24. The van der Waals surface area contributed by atoms with E-state index >= 15 is 0 Å². The Morgan fingerprint density at radius 3 is 2.87 bits per heavy atom. The number of rotatable bonds is 7. The van der Waals surface area contributed by atoms with Crippen molar-refractivity contribution >= 4 is 17.7 Å². The maximum atomic E-state index is 12.0. The molecule has 0 aliphatic rings. The molecule has 2 N–H and O–H groups in total. The van der Waals surface area contributed by atoms with E-state index in [-0.39, 0.29) is 25.1 Å². The lowest BCUT2D eigenvalue weighted by Gasteiger charge is -2.13. The van der Waals surface area contributed by atoms with E-state index < -0.39 is 0 Å². The van der Waals surface area contributed by atoms with Crippen molar-refractivity contribution < 1.29 is 9.90 Å². The van der Waals surface area contributed by atoms with Crippen LogP contribution in [-0.2, 0) is 23.7 Å². The number of carbonyl (C=O) groups is 1. The molecule has 0 saturated carbocycles. The van der Waals surface area contributed by atoms with Crippen molar-refractivity contribution in [3.8, 4) is 0 Å². The first kappa shape index (κ1) is 17.6. The summed E-state index contributed by atoms with van der Waals surface area (Å²) in [5.41, 5.74) is 3.08. The van der Waals surface area contributed by atoms with E-state index in [0.717, 1.165) is 10.9 Å². The van der Waals surface area contributed by atoms with Crippen molar-refractivity contribution in [2.75, 3.05) is 0 Å². The number of nitrogens with one attached hydrogen (secondary N) is 1. The number of aliphatic hydroxyl groups is 1. The molecule has 1 amide bonds. The standard InChI is InChI=1S/C17H23N3O2S/c1-12(2)19-16(22)9-20-15(10-21)8-18-17(20)23-11-14-6-4-5-13(3)7-14/h4-8,12,21H,9-11H2,1-3H3,(H,19,22). The Morgan fingerprint density at radius 2 is 2.22 bits per heavy atom. The molecule has 6 heteroatoms. The molecule has 1 heterocycles. The lowest BCUT2D eigenvalue weighted by molar-refractivity contribution is -0.122. The van der Waals surface area contributed by atoms with Gasteiger partial charge in [-0.25, -0.2) is 4.98 Å². The fourth-order valence-corrected chi connectivity index (χ4v) is 3.20. The van der Waals surface area contributed by atoms with Gasteiger partial charge in [0.2, 0.25) is 5.91 Å². The fourth-order valence-electron chi connectivity index (χ4n) is 2.26. The van der Waals surface area contributed by atoms with Gasteiger partial charge in [0.05, 0.1) is 18.5 Å². The first-order valence-corrected chi connectivity index (χ1v) is 8.61. The third-order valence-electron chi connectivity index (χ3n) is 3.27. The van der Waals surface area contributed by atoms with Crippen LogP contribution in [0.25, 0.3) is 0 Å². The number of aromatic nitrogens is 2. The highest BCUT2D eigenvalue weighted by atomic mass is 32.2. The van der Waals surface area contributed by atoms with E-state index in [1.807, 2.05) is 19.9 Å². The van der Waals surface area contributed by atoms with Crippen molar-refractivity contribution in [3.05, 3.63) is 47.3 Å². The van der Waals surface area contributed by atoms with E-state index in [0.29, 0.717) is 5.69 Å². The number of aliphatic hydroxyl groups excluding tert-OH is 1. The van der Waals surface area contributed by atoms with Gasteiger partial charge in [0.25, 0.3) is 0 Å².